The van der Waals surface area contributed by atoms with E-state index in [9.17, 15) is 9.59 Å². The molecule has 0 radical (unpaired) electrons. The Morgan fingerprint density at radius 1 is 1.26 bits per heavy atom. The molecule has 0 saturated carbocycles. The van der Waals surface area contributed by atoms with Gasteiger partial charge < -0.3 is 15.5 Å². The Morgan fingerprint density at radius 2 is 2.04 bits per heavy atom. The molecule has 0 spiro atoms. The highest BCUT2D eigenvalue weighted by Crippen LogP contribution is 2.27. The number of hydrogen-bond acceptors (Lipinski definition) is 4. The van der Waals surface area contributed by atoms with Gasteiger partial charge in [-0.15, -0.1) is 11.8 Å². The van der Waals surface area contributed by atoms with Gasteiger partial charge in [-0.05, 0) is 37.3 Å². The second-order valence-electron chi connectivity index (χ2n) is 4.83. The van der Waals surface area contributed by atoms with E-state index in [1.165, 1.54) is 17.8 Å². The third-order valence-corrected chi connectivity index (χ3v) is 3.99. The molecule has 5 nitrogen and oxygen atoms in total. The van der Waals surface area contributed by atoms with Crippen LogP contribution in [0.3, 0.4) is 0 Å². The number of hydrogen-bond donors (Lipinski definition) is 2. The van der Waals surface area contributed by atoms with Gasteiger partial charge in [0.25, 0.3) is 0 Å². The normalized spacial score (nSPS) is 10.8. The fourth-order valence-electron chi connectivity index (χ4n) is 1.83. The van der Waals surface area contributed by atoms with Crippen LogP contribution < -0.4 is 11.1 Å². The Bertz CT molecular complexity index is 722. The Hall–Kier alpha value is -2.47. The van der Waals surface area contributed by atoms with E-state index in [4.69, 9.17) is 10.2 Å². The maximum atomic E-state index is 12.0. The van der Waals surface area contributed by atoms with E-state index in [0.29, 0.717) is 23.6 Å². The van der Waals surface area contributed by atoms with Crippen molar-refractivity contribution in [1.82, 2.24) is 0 Å². The zero-order valence-electron chi connectivity index (χ0n) is 12.7. The average molecular weight is 330 g/mol. The largest absolute Gasteiger partial charge is 0.462 e. The van der Waals surface area contributed by atoms with Crippen LogP contribution in [0.1, 0.15) is 17.9 Å². The molecule has 0 bridgehead atoms. The second kappa shape index (κ2) is 8.24. The fourth-order valence-corrected chi connectivity index (χ4v) is 2.81. The minimum atomic E-state index is -0.337. The third-order valence-electron chi connectivity index (χ3n) is 2.91. The minimum Gasteiger partial charge on any atom is -0.462 e. The van der Waals surface area contributed by atoms with E-state index in [1.807, 2.05) is 37.3 Å². The number of para-hydroxylation sites is 1. The summed E-state index contributed by atoms with van der Waals surface area (Å²) in [7, 11) is 0. The summed E-state index contributed by atoms with van der Waals surface area (Å²) in [5.41, 5.74) is 5.83. The predicted molar refractivity (Wildman–Crippen MR) is 92.1 cm³/mol. The molecule has 2 amide bonds. The Balaban J connectivity index is 1.97. The lowest BCUT2D eigenvalue weighted by Crippen LogP contribution is -2.11. The molecule has 0 fully saturated rings. The van der Waals surface area contributed by atoms with Crippen LogP contribution >= 0.6 is 11.8 Å². The zero-order valence-corrected chi connectivity index (χ0v) is 13.6. The standard InChI is InChI=1S/C17H18N2O3S/c1-12-6-7-13(22-12)8-9-17(21)19-14-4-2-3-5-15(14)23-11-10-16(18)20/h2-9H,10-11H2,1H3,(H2,18,20)(H,19,21)/b9-8+. The highest BCUT2D eigenvalue weighted by molar-refractivity contribution is 7.99. The first-order chi connectivity index (χ1) is 11.0. The number of aryl methyl sites for hydroxylation is 1. The van der Waals surface area contributed by atoms with Gasteiger partial charge in [0.05, 0.1) is 5.69 Å². The minimum absolute atomic E-state index is 0.248. The number of rotatable bonds is 7. The highest BCUT2D eigenvalue weighted by atomic mass is 32.2. The van der Waals surface area contributed by atoms with Crippen LogP contribution in [0.25, 0.3) is 6.08 Å². The molecular weight excluding hydrogens is 312 g/mol. The van der Waals surface area contributed by atoms with Gasteiger partial charge in [0.2, 0.25) is 11.8 Å². The Kier molecular flexibility index (Phi) is 6.05. The summed E-state index contributed by atoms with van der Waals surface area (Å²) in [4.78, 5) is 23.7. The highest BCUT2D eigenvalue weighted by Gasteiger charge is 2.06. The number of benzene rings is 1. The predicted octanol–water partition coefficient (Wildman–Crippen LogP) is 3.21. The number of anilines is 1. The summed E-state index contributed by atoms with van der Waals surface area (Å²) in [5, 5.41) is 2.82. The molecule has 0 saturated heterocycles. The lowest BCUT2D eigenvalue weighted by atomic mass is 10.3. The molecule has 3 N–H and O–H groups in total. The van der Waals surface area contributed by atoms with Gasteiger partial charge in [0.15, 0.2) is 0 Å². The van der Waals surface area contributed by atoms with E-state index in [2.05, 4.69) is 5.32 Å². The van der Waals surface area contributed by atoms with E-state index in [-0.39, 0.29) is 11.8 Å². The summed E-state index contributed by atoms with van der Waals surface area (Å²) >= 11 is 1.48. The summed E-state index contributed by atoms with van der Waals surface area (Å²) < 4.78 is 5.37. The number of carbonyl (C=O) groups excluding carboxylic acids is 2. The van der Waals surface area contributed by atoms with Gasteiger partial charge in [-0.25, -0.2) is 0 Å². The van der Waals surface area contributed by atoms with Crippen molar-refractivity contribution >= 4 is 35.3 Å². The molecule has 120 valence electrons. The van der Waals surface area contributed by atoms with Crippen LogP contribution in [0.4, 0.5) is 5.69 Å². The maximum Gasteiger partial charge on any atom is 0.248 e. The molecule has 2 aromatic rings. The molecule has 0 aliphatic carbocycles. The Morgan fingerprint density at radius 3 is 2.74 bits per heavy atom. The number of nitrogens with two attached hydrogens (primary N) is 1. The molecule has 0 unspecified atom stereocenters. The van der Waals surface area contributed by atoms with E-state index < -0.39 is 0 Å². The number of carbonyl (C=O) groups is 2. The molecule has 0 aliphatic rings. The Labute approximate surface area is 138 Å². The first-order valence-corrected chi connectivity index (χ1v) is 8.09. The number of furan rings is 1. The molecular formula is C17H18N2O3S. The van der Waals surface area contributed by atoms with E-state index in [0.717, 1.165) is 10.7 Å². The van der Waals surface area contributed by atoms with Gasteiger partial charge in [0, 0.05) is 23.1 Å². The number of amides is 2. The lowest BCUT2D eigenvalue weighted by Gasteiger charge is -2.08. The summed E-state index contributed by atoms with van der Waals surface area (Å²) in [6.07, 6.45) is 3.33. The monoisotopic (exact) mass is 330 g/mol. The van der Waals surface area contributed by atoms with Crippen molar-refractivity contribution in [3.63, 3.8) is 0 Å². The topological polar surface area (TPSA) is 85.3 Å². The van der Waals surface area contributed by atoms with Crippen molar-refractivity contribution in [1.29, 1.82) is 0 Å². The molecule has 2 rings (SSSR count). The van der Waals surface area contributed by atoms with Gasteiger partial charge in [-0.1, -0.05) is 12.1 Å². The molecule has 0 aliphatic heterocycles. The van der Waals surface area contributed by atoms with Crippen LogP contribution in [0.15, 0.2) is 51.8 Å². The number of thioether (sulfide) groups is 1. The van der Waals surface area contributed by atoms with Gasteiger partial charge in [-0.2, -0.15) is 0 Å². The van der Waals surface area contributed by atoms with Crippen molar-refractivity contribution in [3.05, 3.63) is 54.0 Å². The van der Waals surface area contributed by atoms with Crippen molar-refractivity contribution in [2.75, 3.05) is 11.1 Å². The van der Waals surface area contributed by atoms with E-state index in [1.54, 1.807) is 12.1 Å². The number of primary amides is 1. The maximum absolute atomic E-state index is 12.0. The van der Waals surface area contributed by atoms with Crippen molar-refractivity contribution in [2.24, 2.45) is 5.73 Å². The fraction of sp³-hybridized carbons (Fsp3) is 0.176. The number of nitrogens with one attached hydrogen (secondary N) is 1. The first-order valence-electron chi connectivity index (χ1n) is 7.10. The second-order valence-corrected chi connectivity index (χ2v) is 5.97. The lowest BCUT2D eigenvalue weighted by molar-refractivity contribution is -0.117. The summed E-state index contributed by atoms with van der Waals surface area (Å²) in [5.74, 6) is 1.41. The van der Waals surface area contributed by atoms with Gasteiger partial charge in [0.1, 0.15) is 11.5 Å². The van der Waals surface area contributed by atoms with Crippen molar-refractivity contribution in [2.45, 2.75) is 18.2 Å². The molecule has 0 atom stereocenters. The van der Waals surface area contributed by atoms with Gasteiger partial charge >= 0.3 is 0 Å². The SMILES string of the molecule is Cc1ccc(/C=C/C(=O)Nc2ccccc2SCCC(N)=O)o1. The van der Waals surface area contributed by atoms with Crippen molar-refractivity contribution < 1.29 is 14.0 Å². The molecule has 1 aromatic heterocycles. The smallest absolute Gasteiger partial charge is 0.248 e. The third kappa shape index (κ3) is 5.67. The summed E-state index contributed by atoms with van der Waals surface area (Å²) in [6.45, 7) is 1.84. The van der Waals surface area contributed by atoms with Crippen LogP contribution in [-0.2, 0) is 9.59 Å². The van der Waals surface area contributed by atoms with Crippen LogP contribution in [0.5, 0.6) is 0 Å². The summed E-state index contributed by atoms with van der Waals surface area (Å²) in [6, 6.07) is 11.1. The quantitative estimate of drug-likeness (QED) is 0.603. The molecule has 1 aromatic carbocycles. The first kappa shape index (κ1) is 16.9. The average Bonchev–Trinajstić information content (AvgIpc) is 2.92. The molecule has 23 heavy (non-hydrogen) atoms. The van der Waals surface area contributed by atoms with Crippen molar-refractivity contribution in [3.8, 4) is 0 Å². The van der Waals surface area contributed by atoms with Crippen LogP contribution in [-0.4, -0.2) is 17.6 Å². The van der Waals surface area contributed by atoms with Crippen LogP contribution in [0.2, 0.25) is 0 Å². The van der Waals surface area contributed by atoms with Gasteiger partial charge in [-0.3, -0.25) is 9.59 Å². The molecule has 1 heterocycles. The van der Waals surface area contributed by atoms with Crippen LogP contribution in [0, 0.1) is 6.92 Å². The zero-order chi connectivity index (χ0) is 16.7. The molecule has 6 heteroatoms. The van der Waals surface area contributed by atoms with E-state index >= 15 is 0 Å².